The first-order chi connectivity index (χ1) is 9.18. The van der Waals surface area contributed by atoms with Gasteiger partial charge in [0.1, 0.15) is 18.2 Å². The molecule has 19 heavy (non-hydrogen) atoms. The summed E-state index contributed by atoms with van der Waals surface area (Å²) in [6.07, 6.45) is 0. The molecule has 0 radical (unpaired) electrons. The number of nitrogens with one attached hydrogen (secondary N) is 1. The Balaban J connectivity index is 1.86. The van der Waals surface area contributed by atoms with Crippen LogP contribution in [0.5, 0.6) is 5.75 Å². The molecule has 100 valence electrons. The van der Waals surface area contributed by atoms with Gasteiger partial charge in [-0.1, -0.05) is 18.2 Å². The van der Waals surface area contributed by atoms with Crippen molar-refractivity contribution < 1.29 is 9.13 Å². The summed E-state index contributed by atoms with van der Waals surface area (Å²) in [5.41, 5.74) is 0.484. The number of hydrogen-bond acceptors (Lipinski definition) is 2. The van der Waals surface area contributed by atoms with E-state index in [0.717, 1.165) is 14.7 Å². The Morgan fingerprint density at radius 1 is 1.00 bits per heavy atom. The molecule has 0 unspecified atom stereocenters. The number of rotatable bonds is 5. The third-order valence-corrected chi connectivity index (χ3v) is 3.71. The van der Waals surface area contributed by atoms with Crippen molar-refractivity contribution >= 4 is 37.5 Å². The van der Waals surface area contributed by atoms with Crippen molar-refractivity contribution in [2.75, 3.05) is 18.5 Å². The van der Waals surface area contributed by atoms with Gasteiger partial charge in [0, 0.05) is 6.54 Å². The van der Waals surface area contributed by atoms with Crippen LogP contribution in [0.25, 0.3) is 0 Å². The van der Waals surface area contributed by atoms with E-state index < -0.39 is 0 Å². The van der Waals surface area contributed by atoms with Crippen molar-refractivity contribution in [1.82, 2.24) is 0 Å². The lowest BCUT2D eigenvalue weighted by Gasteiger charge is -2.11. The Morgan fingerprint density at radius 2 is 1.68 bits per heavy atom. The van der Waals surface area contributed by atoms with Gasteiger partial charge in [-0.2, -0.15) is 0 Å². The van der Waals surface area contributed by atoms with Crippen molar-refractivity contribution in [3.8, 4) is 5.75 Å². The standard InChI is InChI=1S/C14H12Br2FNO/c15-10-4-3-5-11(16)14(10)19-9-8-18-13-7-2-1-6-12(13)17/h1-7,18H,8-9H2. The fraction of sp³-hybridized carbons (Fsp3) is 0.143. The predicted octanol–water partition coefficient (Wildman–Crippen LogP) is 4.84. The molecule has 0 aliphatic heterocycles. The maximum Gasteiger partial charge on any atom is 0.147 e. The van der Waals surface area contributed by atoms with Crippen LogP contribution in [0.1, 0.15) is 0 Å². The first-order valence-electron chi connectivity index (χ1n) is 5.73. The second-order valence-corrected chi connectivity index (χ2v) is 5.51. The molecule has 0 saturated carbocycles. The second-order valence-electron chi connectivity index (χ2n) is 3.81. The van der Waals surface area contributed by atoms with E-state index in [1.165, 1.54) is 6.07 Å². The first kappa shape index (κ1) is 14.3. The number of hydrogen-bond donors (Lipinski definition) is 1. The van der Waals surface area contributed by atoms with Crippen LogP contribution in [0, 0.1) is 5.82 Å². The van der Waals surface area contributed by atoms with Crippen LogP contribution in [0.15, 0.2) is 51.4 Å². The molecule has 0 aliphatic rings. The van der Waals surface area contributed by atoms with Crippen LogP contribution in [0.3, 0.4) is 0 Å². The molecule has 0 aromatic heterocycles. The van der Waals surface area contributed by atoms with E-state index >= 15 is 0 Å². The van der Waals surface area contributed by atoms with Gasteiger partial charge in [0.15, 0.2) is 0 Å². The van der Waals surface area contributed by atoms with Gasteiger partial charge in [-0.3, -0.25) is 0 Å². The van der Waals surface area contributed by atoms with Crippen LogP contribution in [0.4, 0.5) is 10.1 Å². The zero-order valence-corrected chi connectivity index (χ0v) is 13.2. The minimum atomic E-state index is -0.260. The molecule has 0 fully saturated rings. The molecule has 1 N–H and O–H groups in total. The Labute approximate surface area is 128 Å². The number of ether oxygens (including phenoxy) is 1. The van der Waals surface area contributed by atoms with Crippen LogP contribution in [-0.2, 0) is 0 Å². The van der Waals surface area contributed by atoms with Gasteiger partial charge in [-0.15, -0.1) is 0 Å². The van der Waals surface area contributed by atoms with E-state index in [0.29, 0.717) is 18.8 Å². The molecule has 2 nitrogen and oxygen atoms in total. The maximum absolute atomic E-state index is 13.3. The largest absolute Gasteiger partial charge is 0.489 e. The van der Waals surface area contributed by atoms with Crippen molar-refractivity contribution in [2.45, 2.75) is 0 Å². The van der Waals surface area contributed by atoms with Gasteiger partial charge in [0.25, 0.3) is 0 Å². The Kier molecular flexibility index (Phi) is 5.22. The average molecular weight is 389 g/mol. The zero-order valence-electron chi connectivity index (χ0n) is 10.00. The molecule has 0 aliphatic carbocycles. The molecule has 5 heteroatoms. The minimum absolute atomic E-state index is 0.260. The summed E-state index contributed by atoms with van der Waals surface area (Å²) in [4.78, 5) is 0. The number of anilines is 1. The van der Waals surface area contributed by atoms with Crippen LogP contribution < -0.4 is 10.1 Å². The lowest BCUT2D eigenvalue weighted by atomic mass is 10.3. The molecule has 2 aromatic rings. The summed E-state index contributed by atoms with van der Waals surface area (Å²) in [5.74, 6) is 0.488. The number of halogens is 3. The van der Waals surface area contributed by atoms with Gasteiger partial charge in [-0.25, -0.2) is 4.39 Å². The Bertz CT molecular complexity index is 543. The third kappa shape index (κ3) is 3.94. The Morgan fingerprint density at radius 3 is 2.37 bits per heavy atom. The minimum Gasteiger partial charge on any atom is -0.489 e. The molecular weight excluding hydrogens is 377 g/mol. The topological polar surface area (TPSA) is 21.3 Å². The van der Waals surface area contributed by atoms with Crippen LogP contribution >= 0.6 is 31.9 Å². The lowest BCUT2D eigenvalue weighted by molar-refractivity contribution is 0.328. The highest BCUT2D eigenvalue weighted by Crippen LogP contribution is 2.32. The van der Waals surface area contributed by atoms with Gasteiger partial charge in [0.2, 0.25) is 0 Å². The summed E-state index contributed by atoms with van der Waals surface area (Å²) < 4.78 is 20.8. The number of benzene rings is 2. The van der Waals surface area contributed by atoms with Crippen molar-refractivity contribution in [1.29, 1.82) is 0 Å². The molecule has 0 bridgehead atoms. The van der Waals surface area contributed by atoms with E-state index in [-0.39, 0.29) is 5.82 Å². The average Bonchev–Trinajstić information content (AvgIpc) is 2.39. The predicted molar refractivity (Wildman–Crippen MR) is 82.2 cm³/mol. The van der Waals surface area contributed by atoms with E-state index in [9.17, 15) is 4.39 Å². The van der Waals surface area contributed by atoms with E-state index in [1.807, 2.05) is 18.2 Å². The fourth-order valence-corrected chi connectivity index (χ4v) is 2.79. The molecule has 2 aromatic carbocycles. The third-order valence-electron chi connectivity index (χ3n) is 2.46. The lowest BCUT2D eigenvalue weighted by Crippen LogP contribution is -2.12. The van der Waals surface area contributed by atoms with Gasteiger partial charge >= 0.3 is 0 Å². The smallest absolute Gasteiger partial charge is 0.147 e. The van der Waals surface area contributed by atoms with Gasteiger partial charge in [-0.05, 0) is 56.1 Å². The summed E-state index contributed by atoms with van der Waals surface area (Å²) >= 11 is 6.84. The monoisotopic (exact) mass is 387 g/mol. The fourth-order valence-electron chi connectivity index (χ4n) is 1.56. The first-order valence-corrected chi connectivity index (χ1v) is 7.32. The highest BCUT2D eigenvalue weighted by molar-refractivity contribution is 9.11. The van der Waals surface area contributed by atoms with E-state index in [4.69, 9.17) is 4.74 Å². The molecule has 0 spiro atoms. The Hall–Kier alpha value is -1.07. The summed E-state index contributed by atoms with van der Waals surface area (Å²) in [5, 5.41) is 2.99. The van der Waals surface area contributed by atoms with Gasteiger partial charge in [0.05, 0.1) is 14.6 Å². The molecule has 0 heterocycles. The van der Waals surface area contributed by atoms with Crippen molar-refractivity contribution in [3.05, 3.63) is 57.2 Å². The molecule has 2 rings (SSSR count). The SMILES string of the molecule is Fc1ccccc1NCCOc1c(Br)cccc1Br. The van der Waals surface area contributed by atoms with Crippen LogP contribution in [0.2, 0.25) is 0 Å². The summed E-state index contributed by atoms with van der Waals surface area (Å²) in [6, 6.07) is 12.3. The summed E-state index contributed by atoms with van der Waals surface area (Å²) in [7, 11) is 0. The quantitative estimate of drug-likeness (QED) is 0.740. The molecule has 0 atom stereocenters. The zero-order chi connectivity index (χ0) is 13.7. The van der Waals surface area contributed by atoms with E-state index in [2.05, 4.69) is 37.2 Å². The summed E-state index contributed by atoms with van der Waals surface area (Å²) in [6.45, 7) is 0.963. The second kappa shape index (κ2) is 6.91. The van der Waals surface area contributed by atoms with Crippen molar-refractivity contribution in [2.24, 2.45) is 0 Å². The van der Waals surface area contributed by atoms with Gasteiger partial charge < -0.3 is 10.1 Å². The highest BCUT2D eigenvalue weighted by atomic mass is 79.9. The highest BCUT2D eigenvalue weighted by Gasteiger charge is 2.05. The maximum atomic E-state index is 13.3. The van der Waals surface area contributed by atoms with E-state index in [1.54, 1.807) is 18.2 Å². The van der Waals surface area contributed by atoms with Crippen LogP contribution in [-0.4, -0.2) is 13.2 Å². The molecule has 0 amide bonds. The van der Waals surface area contributed by atoms with Crippen molar-refractivity contribution in [3.63, 3.8) is 0 Å². The normalized spacial score (nSPS) is 10.3. The molecule has 0 saturated heterocycles. The molecular formula is C14H12Br2FNO. The number of para-hydroxylation sites is 2.